The first kappa shape index (κ1) is 22.3. The van der Waals surface area contributed by atoms with Crippen molar-refractivity contribution in [2.24, 2.45) is 11.8 Å². The normalized spacial score (nSPS) is 21.2. The van der Waals surface area contributed by atoms with Crippen LogP contribution in [0.3, 0.4) is 0 Å². The molecule has 0 unspecified atom stereocenters. The van der Waals surface area contributed by atoms with Crippen LogP contribution < -0.4 is 14.8 Å². The molecule has 1 aromatic carbocycles. The molecule has 0 aromatic heterocycles. The van der Waals surface area contributed by atoms with Gasteiger partial charge in [-0.25, -0.2) is 4.79 Å². The monoisotopic (exact) mass is 400 g/mol. The molecule has 2 rings (SSSR count). The van der Waals surface area contributed by atoms with Gasteiger partial charge in [-0.15, -0.1) is 0 Å². The lowest BCUT2D eigenvalue weighted by Crippen LogP contribution is -2.45. The van der Waals surface area contributed by atoms with E-state index >= 15 is 0 Å². The topological polar surface area (TPSA) is 97.7 Å². The minimum absolute atomic E-state index is 0.0848. The van der Waals surface area contributed by atoms with Gasteiger partial charge >= 0.3 is 5.97 Å². The van der Waals surface area contributed by atoms with Gasteiger partial charge in [0.2, 0.25) is 0 Å². The molecule has 0 heterocycles. The first-order valence-electron chi connectivity index (χ1n) is 9.76. The molecule has 1 aromatic rings. The number of carbonyl (C=O) groups is 2. The third-order valence-corrected chi connectivity index (χ3v) is 5.29. The number of hydrogen-bond acceptors (Lipinski definition) is 6. The SMILES string of the molecule is COc1cc(/C=C/C(=O)OCC(=O)N[C@@H]2CCC[C@H](C)[C@@H]2C)ccc1OCC#N. The number of rotatable bonds is 8. The number of nitrogens with one attached hydrogen (secondary N) is 1. The van der Waals surface area contributed by atoms with Crippen LogP contribution in [0.1, 0.15) is 38.7 Å². The zero-order valence-corrected chi connectivity index (χ0v) is 17.1. The molecule has 0 saturated heterocycles. The average Bonchev–Trinajstić information content (AvgIpc) is 2.72. The van der Waals surface area contributed by atoms with Gasteiger partial charge in [0.05, 0.1) is 7.11 Å². The van der Waals surface area contributed by atoms with Crippen LogP contribution in [0.25, 0.3) is 6.08 Å². The second-order valence-electron chi connectivity index (χ2n) is 7.24. The third kappa shape index (κ3) is 6.83. The van der Waals surface area contributed by atoms with Crippen LogP contribution in [0.15, 0.2) is 24.3 Å². The number of methoxy groups -OCH3 is 1. The van der Waals surface area contributed by atoms with Gasteiger partial charge in [-0.1, -0.05) is 32.8 Å². The number of esters is 1. The molecule has 1 saturated carbocycles. The first-order chi connectivity index (χ1) is 13.9. The van der Waals surface area contributed by atoms with Crippen molar-refractivity contribution in [1.29, 1.82) is 5.26 Å². The van der Waals surface area contributed by atoms with Gasteiger partial charge < -0.3 is 19.5 Å². The number of hydrogen-bond donors (Lipinski definition) is 1. The van der Waals surface area contributed by atoms with Crippen LogP contribution in [0.2, 0.25) is 0 Å². The van der Waals surface area contributed by atoms with Crippen molar-refractivity contribution < 1.29 is 23.8 Å². The largest absolute Gasteiger partial charge is 0.493 e. The zero-order valence-electron chi connectivity index (χ0n) is 17.1. The fourth-order valence-electron chi connectivity index (χ4n) is 3.40. The number of carbonyl (C=O) groups excluding carboxylic acids is 2. The maximum Gasteiger partial charge on any atom is 0.331 e. The summed E-state index contributed by atoms with van der Waals surface area (Å²) in [7, 11) is 1.49. The Bertz CT molecular complexity index is 784. The van der Waals surface area contributed by atoms with E-state index in [0.29, 0.717) is 28.9 Å². The quantitative estimate of drug-likeness (QED) is 0.532. The molecular weight excluding hydrogens is 372 g/mol. The molecule has 0 radical (unpaired) electrons. The van der Waals surface area contributed by atoms with E-state index in [4.69, 9.17) is 19.5 Å². The molecule has 0 bridgehead atoms. The lowest BCUT2D eigenvalue weighted by atomic mass is 9.78. The van der Waals surface area contributed by atoms with Crippen molar-refractivity contribution >= 4 is 18.0 Å². The summed E-state index contributed by atoms with van der Waals surface area (Å²) in [6.45, 7) is 3.96. The van der Waals surface area contributed by atoms with E-state index in [1.165, 1.54) is 19.6 Å². The summed E-state index contributed by atoms with van der Waals surface area (Å²) in [6, 6.07) is 7.07. The van der Waals surface area contributed by atoms with Crippen molar-refractivity contribution in [3.8, 4) is 17.6 Å². The molecule has 7 nitrogen and oxygen atoms in total. The highest BCUT2D eigenvalue weighted by molar-refractivity contribution is 5.89. The van der Waals surface area contributed by atoms with Crippen molar-refractivity contribution in [3.63, 3.8) is 0 Å². The molecule has 1 aliphatic rings. The highest BCUT2D eigenvalue weighted by Crippen LogP contribution is 2.29. The molecule has 7 heteroatoms. The summed E-state index contributed by atoms with van der Waals surface area (Å²) in [5, 5.41) is 11.6. The summed E-state index contributed by atoms with van der Waals surface area (Å²) < 4.78 is 15.5. The Morgan fingerprint density at radius 2 is 2.07 bits per heavy atom. The zero-order chi connectivity index (χ0) is 21.2. The highest BCUT2D eigenvalue weighted by atomic mass is 16.5. The molecule has 1 aliphatic carbocycles. The van der Waals surface area contributed by atoms with Crippen molar-refractivity contribution in [2.45, 2.75) is 39.2 Å². The second-order valence-corrected chi connectivity index (χ2v) is 7.24. The molecule has 0 aliphatic heterocycles. The maximum absolute atomic E-state index is 12.1. The van der Waals surface area contributed by atoms with Crippen LogP contribution in [-0.4, -0.2) is 38.2 Å². The van der Waals surface area contributed by atoms with Crippen LogP contribution in [0.4, 0.5) is 0 Å². The molecule has 1 N–H and O–H groups in total. The van der Waals surface area contributed by atoms with Gasteiger partial charge in [0.25, 0.3) is 5.91 Å². The Morgan fingerprint density at radius 1 is 1.28 bits per heavy atom. The lowest BCUT2D eigenvalue weighted by molar-refractivity contribution is -0.144. The Labute approximate surface area is 171 Å². The van der Waals surface area contributed by atoms with E-state index in [-0.39, 0.29) is 25.2 Å². The van der Waals surface area contributed by atoms with E-state index in [9.17, 15) is 9.59 Å². The minimum Gasteiger partial charge on any atom is -0.493 e. The predicted molar refractivity (Wildman–Crippen MR) is 108 cm³/mol. The number of nitriles is 1. The Kier molecular flexibility index (Phi) is 8.53. The minimum atomic E-state index is -0.603. The van der Waals surface area contributed by atoms with Crippen LogP contribution in [0.5, 0.6) is 11.5 Å². The molecule has 29 heavy (non-hydrogen) atoms. The molecule has 1 fully saturated rings. The maximum atomic E-state index is 12.1. The summed E-state index contributed by atoms with van der Waals surface area (Å²) >= 11 is 0. The van der Waals surface area contributed by atoms with Gasteiger partial charge in [0.15, 0.2) is 24.7 Å². The number of nitrogens with zero attached hydrogens (tertiary/aromatic N) is 1. The Balaban J connectivity index is 1.83. The molecule has 1 amide bonds. The van der Waals surface area contributed by atoms with E-state index < -0.39 is 5.97 Å². The number of benzene rings is 1. The van der Waals surface area contributed by atoms with Gasteiger partial charge in [0, 0.05) is 12.1 Å². The molecule has 156 valence electrons. The summed E-state index contributed by atoms with van der Waals surface area (Å²) in [5.41, 5.74) is 0.692. The summed E-state index contributed by atoms with van der Waals surface area (Å²) in [4.78, 5) is 24.0. The van der Waals surface area contributed by atoms with Gasteiger partial charge in [-0.2, -0.15) is 5.26 Å². The number of amides is 1. The lowest BCUT2D eigenvalue weighted by Gasteiger charge is -2.34. The Morgan fingerprint density at radius 3 is 2.79 bits per heavy atom. The molecule has 0 spiro atoms. The van der Waals surface area contributed by atoms with Crippen LogP contribution in [0, 0.1) is 23.2 Å². The summed E-state index contributed by atoms with van der Waals surface area (Å²) in [5.74, 6) is 1.00. The smallest absolute Gasteiger partial charge is 0.331 e. The fourth-order valence-corrected chi connectivity index (χ4v) is 3.40. The van der Waals surface area contributed by atoms with E-state index in [1.807, 2.05) is 6.07 Å². The van der Waals surface area contributed by atoms with Crippen molar-refractivity contribution in [3.05, 3.63) is 29.8 Å². The van der Waals surface area contributed by atoms with Gasteiger partial charge in [-0.05, 0) is 42.0 Å². The van der Waals surface area contributed by atoms with E-state index in [2.05, 4.69) is 19.2 Å². The number of ether oxygens (including phenoxy) is 3. The van der Waals surface area contributed by atoms with Crippen LogP contribution >= 0.6 is 0 Å². The first-order valence-corrected chi connectivity index (χ1v) is 9.76. The molecular formula is C22H28N2O5. The van der Waals surface area contributed by atoms with Gasteiger partial charge in [0.1, 0.15) is 6.07 Å². The van der Waals surface area contributed by atoms with Crippen molar-refractivity contribution in [1.82, 2.24) is 5.32 Å². The van der Waals surface area contributed by atoms with E-state index in [1.54, 1.807) is 24.3 Å². The van der Waals surface area contributed by atoms with E-state index in [0.717, 1.165) is 12.8 Å². The third-order valence-electron chi connectivity index (χ3n) is 5.29. The average molecular weight is 400 g/mol. The van der Waals surface area contributed by atoms with Crippen molar-refractivity contribution in [2.75, 3.05) is 20.3 Å². The van der Waals surface area contributed by atoms with Gasteiger partial charge in [-0.3, -0.25) is 4.79 Å². The standard InChI is InChI=1S/C22H28N2O5/c1-15-5-4-6-18(16(15)2)24-21(25)14-29-22(26)10-8-17-7-9-19(28-12-11-23)20(13-17)27-3/h7-10,13,15-16,18H,4-6,12,14H2,1-3H3,(H,24,25)/b10-8+/t15-,16-,18+/m0/s1. The van der Waals surface area contributed by atoms with Crippen LogP contribution in [-0.2, 0) is 14.3 Å². The fraction of sp³-hybridized carbons (Fsp3) is 0.500. The molecule has 3 atom stereocenters. The highest BCUT2D eigenvalue weighted by Gasteiger charge is 2.28. The predicted octanol–water partition coefficient (Wildman–Crippen LogP) is 3.09. The second kappa shape index (κ2) is 11.1. The summed E-state index contributed by atoms with van der Waals surface area (Å²) in [6.07, 6.45) is 6.05. The Hall–Kier alpha value is -3.01.